The molecule has 0 radical (unpaired) electrons. The van der Waals surface area contributed by atoms with Crippen LogP contribution in [0.5, 0.6) is 5.75 Å². The number of hydrogen-bond donors (Lipinski definition) is 1. The first kappa shape index (κ1) is 14.8. The average molecular weight is 280 g/mol. The zero-order valence-electron chi connectivity index (χ0n) is 11.8. The molecular formula is C16H21FO3. The van der Waals surface area contributed by atoms with Crippen LogP contribution >= 0.6 is 0 Å². The number of hydrogen-bond acceptors (Lipinski definition) is 2. The van der Waals surface area contributed by atoms with Crippen molar-refractivity contribution < 1.29 is 19.0 Å². The first-order valence-corrected chi connectivity index (χ1v) is 7.26. The molecule has 0 saturated heterocycles. The molecule has 0 amide bonds. The van der Waals surface area contributed by atoms with Gasteiger partial charge in [0.05, 0.1) is 12.5 Å². The van der Waals surface area contributed by atoms with Crippen molar-refractivity contribution in [1.82, 2.24) is 0 Å². The van der Waals surface area contributed by atoms with Gasteiger partial charge in [0.1, 0.15) is 11.6 Å². The Morgan fingerprint density at radius 2 is 2.05 bits per heavy atom. The third-order valence-corrected chi connectivity index (χ3v) is 3.95. The molecule has 20 heavy (non-hydrogen) atoms. The summed E-state index contributed by atoms with van der Waals surface area (Å²) in [6.45, 7) is 2.64. The summed E-state index contributed by atoms with van der Waals surface area (Å²) < 4.78 is 19.2. The Kier molecular flexibility index (Phi) is 4.99. The van der Waals surface area contributed by atoms with Crippen molar-refractivity contribution in [2.24, 2.45) is 5.92 Å². The molecule has 1 N–H and O–H groups in total. The second kappa shape index (κ2) is 6.73. The molecule has 2 rings (SSSR count). The van der Waals surface area contributed by atoms with Gasteiger partial charge in [-0.3, -0.25) is 4.79 Å². The van der Waals surface area contributed by atoms with Crippen molar-refractivity contribution >= 4 is 5.97 Å². The number of ether oxygens (including phenoxy) is 1. The van der Waals surface area contributed by atoms with Gasteiger partial charge in [0.25, 0.3) is 0 Å². The summed E-state index contributed by atoms with van der Waals surface area (Å²) in [7, 11) is 0. The van der Waals surface area contributed by atoms with E-state index in [2.05, 4.69) is 0 Å². The third kappa shape index (κ3) is 3.50. The fourth-order valence-corrected chi connectivity index (χ4v) is 2.83. The summed E-state index contributed by atoms with van der Waals surface area (Å²) in [5, 5.41) is 9.03. The molecule has 1 aliphatic rings. The topological polar surface area (TPSA) is 46.5 Å². The van der Waals surface area contributed by atoms with Gasteiger partial charge in [-0.05, 0) is 56.2 Å². The minimum Gasteiger partial charge on any atom is -0.493 e. The lowest BCUT2D eigenvalue weighted by atomic mass is 9.78. The number of carbonyl (C=O) groups is 1. The Morgan fingerprint density at radius 3 is 2.65 bits per heavy atom. The summed E-state index contributed by atoms with van der Waals surface area (Å²) in [6, 6.07) is 4.64. The van der Waals surface area contributed by atoms with Crippen LogP contribution < -0.4 is 4.74 Å². The molecule has 1 aliphatic carbocycles. The largest absolute Gasteiger partial charge is 0.493 e. The molecule has 0 aromatic heterocycles. The maximum Gasteiger partial charge on any atom is 0.306 e. The van der Waals surface area contributed by atoms with Gasteiger partial charge in [-0.1, -0.05) is 6.92 Å². The Morgan fingerprint density at radius 1 is 1.35 bits per heavy atom. The van der Waals surface area contributed by atoms with Gasteiger partial charge >= 0.3 is 5.97 Å². The molecule has 0 bridgehead atoms. The molecular weight excluding hydrogens is 259 g/mol. The zero-order chi connectivity index (χ0) is 14.5. The molecule has 0 spiro atoms. The van der Waals surface area contributed by atoms with Crippen molar-refractivity contribution in [1.29, 1.82) is 0 Å². The predicted octanol–water partition coefficient (Wildman–Crippen LogP) is 3.97. The van der Waals surface area contributed by atoms with Gasteiger partial charge in [0, 0.05) is 5.56 Å². The SMILES string of the molecule is CCCOc1ccc(F)cc1C1CCC(C(=O)O)CC1. The average Bonchev–Trinajstić information content (AvgIpc) is 2.46. The van der Waals surface area contributed by atoms with E-state index in [4.69, 9.17) is 9.84 Å². The van der Waals surface area contributed by atoms with Crippen LogP contribution in [0.4, 0.5) is 4.39 Å². The molecule has 3 nitrogen and oxygen atoms in total. The minimum absolute atomic E-state index is 0.202. The Bertz CT molecular complexity index is 465. The van der Waals surface area contributed by atoms with E-state index in [0.29, 0.717) is 19.4 Å². The Balaban J connectivity index is 2.11. The van der Waals surface area contributed by atoms with Crippen LogP contribution in [0.2, 0.25) is 0 Å². The highest BCUT2D eigenvalue weighted by molar-refractivity contribution is 5.70. The lowest BCUT2D eigenvalue weighted by molar-refractivity contribution is -0.142. The number of aliphatic carboxylic acids is 1. The second-order valence-corrected chi connectivity index (χ2v) is 5.42. The highest BCUT2D eigenvalue weighted by Crippen LogP contribution is 2.40. The maximum absolute atomic E-state index is 13.5. The highest BCUT2D eigenvalue weighted by Gasteiger charge is 2.28. The quantitative estimate of drug-likeness (QED) is 0.887. The summed E-state index contributed by atoms with van der Waals surface area (Å²) in [6.07, 6.45) is 3.78. The van der Waals surface area contributed by atoms with Crippen LogP contribution in [0.3, 0.4) is 0 Å². The van der Waals surface area contributed by atoms with Crippen LogP contribution in [-0.4, -0.2) is 17.7 Å². The van der Waals surface area contributed by atoms with Crippen molar-refractivity contribution in [2.75, 3.05) is 6.61 Å². The van der Waals surface area contributed by atoms with E-state index >= 15 is 0 Å². The van der Waals surface area contributed by atoms with Crippen molar-refractivity contribution in [3.05, 3.63) is 29.6 Å². The van der Waals surface area contributed by atoms with Crippen LogP contribution in [0.15, 0.2) is 18.2 Å². The maximum atomic E-state index is 13.5. The van der Waals surface area contributed by atoms with E-state index in [9.17, 15) is 9.18 Å². The lowest BCUT2D eigenvalue weighted by Gasteiger charge is -2.27. The van der Waals surface area contributed by atoms with Gasteiger partial charge in [-0.25, -0.2) is 4.39 Å². The first-order chi connectivity index (χ1) is 9.61. The normalized spacial score (nSPS) is 22.5. The minimum atomic E-state index is -0.717. The summed E-state index contributed by atoms with van der Waals surface area (Å²) in [5.41, 5.74) is 0.891. The van der Waals surface area contributed by atoms with Gasteiger partial charge in [0.2, 0.25) is 0 Å². The standard InChI is InChI=1S/C16H21FO3/c1-2-9-20-15-8-7-13(17)10-14(15)11-3-5-12(6-4-11)16(18)19/h7-8,10-12H,2-6,9H2,1H3,(H,18,19). The van der Waals surface area contributed by atoms with Gasteiger partial charge in [-0.2, -0.15) is 0 Å². The van der Waals surface area contributed by atoms with Crippen LogP contribution in [0.25, 0.3) is 0 Å². The molecule has 1 aromatic carbocycles. The molecule has 0 atom stereocenters. The van der Waals surface area contributed by atoms with Gasteiger partial charge in [-0.15, -0.1) is 0 Å². The number of carboxylic acids is 1. The first-order valence-electron chi connectivity index (χ1n) is 7.26. The van der Waals surface area contributed by atoms with E-state index in [0.717, 1.165) is 30.6 Å². The molecule has 0 heterocycles. The Hall–Kier alpha value is -1.58. The van der Waals surface area contributed by atoms with E-state index in [1.165, 1.54) is 12.1 Å². The second-order valence-electron chi connectivity index (χ2n) is 5.42. The van der Waals surface area contributed by atoms with E-state index in [1.807, 2.05) is 6.92 Å². The highest BCUT2D eigenvalue weighted by atomic mass is 19.1. The summed E-state index contributed by atoms with van der Waals surface area (Å²) in [4.78, 5) is 11.0. The van der Waals surface area contributed by atoms with Gasteiger partial charge < -0.3 is 9.84 Å². The van der Waals surface area contributed by atoms with E-state index in [-0.39, 0.29) is 17.7 Å². The predicted molar refractivity (Wildman–Crippen MR) is 74.5 cm³/mol. The molecule has 0 aliphatic heterocycles. The van der Waals surface area contributed by atoms with Gasteiger partial charge in [0.15, 0.2) is 0 Å². The lowest BCUT2D eigenvalue weighted by Crippen LogP contribution is -2.21. The van der Waals surface area contributed by atoms with Crippen molar-refractivity contribution in [3.8, 4) is 5.75 Å². The summed E-state index contributed by atoms with van der Waals surface area (Å²) >= 11 is 0. The molecule has 0 unspecified atom stereocenters. The van der Waals surface area contributed by atoms with Crippen LogP contribution in [0.1, 0.15) is 50.5 Å². The van der Waals surface area contributed by atoms with Crippen LogP contribution in [-0.2, 0) is 4.79 Å². The van der Waals surface area contributed by atoms with Crippen LogP contribution in [0, 0.1) is 11.7 Å². The fourth-order valence-electron chi connectivity index (χ4n) is 2.83. The molecule has 110 valence electrons. The fraction of sp³-hybridized carbons (Fsp3) is 0.562. The van der Waals surface area contributed by atoms with Crippen molar-refractivity contribution in [2.45, 2.75) is 44.9 Å². The number of benzene rings is 1. The number of halogens is 1. The molecule has 1 saturated carbocycles. The molecule has 4 heteroatoms. The summed E-state index contributed by atoms with van der Waals surface area (Å²) in [5.74, 6) is -0.283. The van der Waals surface area contributed by atoms with E-state index < -0.39 is 5.97 Å². The third-order valence-electron chi connectivity index (χ3n) is 3.95. The zero-order valence-corrected chi connectivity index (χ0v) is 11.8. The smallest absolute Gasteiger partial charge is 0.306 e. The monoisotopic (exact) mass is 280 g/mol. The van der Waals surface area contributed by atoms with E-state index in [1.54, 1.807) is 6.07 Å². The molecule has 1 aromatic rings. The van der Waals surface area contributed by atoms with Crippen molar-refractivity contribution in [3.63, 3.8) is 0 Å². The number of carboxylic acid groups (broad SMARTS) is 1. The molecule has 1 fully saturated rings. The number of rotatable bonds is 5. The Labute approximate surface area is 118 Å².